The maximum atomic E-state index is 12.4. The van der Waals surface area contributed by atoms with Crippen molar-refractivity contribution < 1.29 is 28.6 Å². The lowest BCUT2D eigenvalue weighted by molar-refractivity contribution is 0.00900. The minimum absolute atomic E-state index is 0.275. The van der Waals surface area contributed by atoms with E-state index in [-0.39, 0.29) is 5.56 Å². The van der Waals surface area contributed by atoms with Gasteiger partial charge < -0.3 is 10.6 Å². The number of ether oxygens (including phenoxy) is 1. The summed E-state index contributed by atoms with van der Waals surface area (Å²) in [5.41, 5.74) is -0.227. The van der Waals surface area contributed by atoms with Gasteiger partial charge in [-0.05, 0) is 24.3 Å². The van der Waals surface area contributed by atoms with E-state index in [1.54, 1.807) is 42.5 Å². The van der Waals surface area contributed by atoms with Gasteiger partial charge in [0.15, 0.2) is 11.5 Å². The lowest BCUT2D eigenvalue weighted by Crippen LogP contribution is -2.33. The molecule has 0 spiro atoms. The standard InChI is InChI=1S/C19H19N3O7P/c20-22-15-9-5-4-8-14(15)21-17(18(22)24)16(23)10-11-30(26,27)29-12-28-19(25)13-6-2-1-3-7-13/h1-9,26-27H,10-12,20H2/q+1. The van der Waals surface area contributed by atoms with Crippen LogP contribution in [0.2, 0.25) is 0 Å². The highest BCUT2D eigenvalue weighted by Gasteiger charge is 2.37. The molecule has 1 heterocycles. The number of ketones is 1. The average molecular weight is 432 g/mol. The Morgan fingerprint density at radius 2 is 1.73 bits per heavy atom. The van der Waals surface area contributed by atoms with Gasteiger partial charge in [-0.15, -0.1) is 4.52 Å². The monoisotopic (exact) mass is 432 g/mol. The van der Waals surface area contributed by atoms with Crippen LogP contribution in [0.25, 0.3) is 11.0 Å². The van der Waals surface area contributed by atoms with Gasteiger partial charge in [0.2, 0.25) is 6.79 Å². The third kappa shape index (κ3) is 5.05. The number of benzene rings is 2. The molecule has 0 aliphatic rings. The number of carbonyl (C=O) groups excluding carboxylic acids is 2. The van der Waals surface area contributed by atoms with Crippen LogP contribution in [-0.2, 0) is 9.26 Å². The summed E-state index contributed by atoms with van der Waals surface area (Å²) in [7, 11) is -4.01. The number of nitrogen functional groups attached to an aromatic ring is 1. The Labute approximate surface area is 171 Å². The molecule has 0 bridgehead atoms. The van der Waals surface area contributed by atoms with Crippen molar-refractivity contribution in [2.24, 2.45) is 0 Å². The van der Waals surface area contributed by atoms with Gasteiger partial charge in [0.25, 0.3) is 5.56 Å². The number of para-hydroxylation sites is 2. The van der Waals surface area contributed by atoms with E-state index in [0.717, 1.165) is 4.68 Å². The van der Waals surface area contributed by atoms with Crippen molar-refractivity contribution in [3.8, 4) is 0 Å². The fourth-order valence-electron chi connectivity index (χ4n) is 2.59. The molecule has 0 saturated carbocycles. The zero-order valence-corrected chi connectivity index (χ0v) is 16.6. The number of rotatable bonds is 8. The largest absolute Gasteiger partial charge is 0.430 e. The van der Waals surface area contributed by atoms with Gasteiger partial charge in [-0.25, -0.2) is 14.5 Å². The van der Waals surface area contributed by atoms with Crippen LogP contribution in [0.1, 0.15) is 27.3 Å². The quantitative estimate of drug-likeness (QED) is 0.157. The minimum atomic E-state index is -4.01. The van der Waals surface area contributed by atoms with Crippen LogP contribution in [0.3, 0.4) is 0 Å². The Morgan fingerprint density at radius 1 is 1.07 bits per heavy atom. The zero-order valence-electron chi connectivity index (χ0n) is 15.7. The number of aromatic nitrogens is 2. The third-order valence-corrected chi connectivity index (χ3v) is 5.47. The number of fused-ring (bicyclic) bond motifs is 1. The SMILES string of the molecule is Nn1c(=O)c(C(=O)CC[P+](O)(O)OCOC(=O)c2ccccc2)nc2ccccc21. The van der Waals surface area contributed by atoms with Crippen molar-refractivity contribution >= 4 is 30.7 Å². The summed E-state index contributed by atoms with van der Waals surface area (Å²) in [6.07, 6.45) is -0.902. The van der Waals surface area contributed by atoms with E-state index in [2.05, 4.69) is 4.98 Å². The van der Waals surface area contributed by atoms with Gasteiger partial charge in [-0.2, -0.15) is 9.79 Å². The summed E-state index contributed by atoms with van der Waals surface area (Å²) in [5, 5.41) is 0. The van der Waals surface area contributed by atoms with Crippen LogP contribution in [0.4, 0.5) is 0 Å². The molecular weight excluding hydrogens is 413 g/mol. The topological polar surface area (TPSA) is 154 Å². The molecular formula is C19H19N3O7P+. The van der Waals surface area contributed by atoms with Crippen molar-refractivity contribution in [3.05, 3.63) is 76.2 Å². The average Bonchev–Trinajstić information content (AvgIpc) is 2.75. The predicted molar refractivity (Wildman–Crippen MR) is 109 cm³/mol. The summed E-state index contributed by atoms with van der Waals surface area (Å²) in [6.45, 7) is -0.702. The molecule has 10 nitrogen and oxygen atoms in total. The van der Waals surface area contributed by atoms with Crippen molar-refractivity contribution in [2.45, 2.75) is 6.42 Å². The molecule has 4 N–H and O–H groups in total. The molecule has 0 fully saturated rings. The van der Waals surface area contributed by atoms with Gasteiger partial charge in [-0.3, -0.25) is 9.59 Å². The second-order valence-electron chi connectivity index (χ2n) is 6.23. The van der Waals surface area contributed by atoms with Gasteiger partial charge >= 0.3 is 13.9 Å². The Bertz CT molecular complexity index is 1130. The lowest BCUT2D eigenvalue weighted by atomic mass is 10.2. The predicted octanol–water partition coefficient (Wildman–Crippen LogP) is 1.26. The van der Waals surface area contributed by atoms with Gasteiger partial charge in [-0.1, -0.05) is 30.3 Å². The highest BCUT2D eigenvalue weighted by molar-refractivity contribution is 7.59. The maximum absolute atomic E-state index is 12.4. The molecule has 1 aromatic heterocycles. The number of Topliss-reactive ketones (excluding diaryl/α,β-unsaturated/α-hetero) is 1. The Hall–Kier alpha value is -3.17. The van der Waals surface area contributed by atoms with E-state index in [4.69, 9.17) is 15.1 Å². The maximum Gasteiger partial charge on any atom is 0.410 e. The molecule has 0 radical (unpaired) electrons. The fraction of sp³-hybridized carbons (Fsp3) is 0.158. The lowest BCUT2D eigenvalue weighted by Gasteiger charge is -2.11. The Morgan fingerprint density at radius 3 is 2.47 bits per heavy atom. The number of esters is 1. The summed E-state index contributed by atoms with van der Waals surface area (Å²) < 4.78 is 10.5. The zero-order chi connectivity index (χ0) is 21.7. The van der Waals surface area contributed by atoms with Crippen molar-refractivity contribution in [1.82, 2.24) is 9.66 Å². The minimum Gasteiger partial charge on any atom is -0.430 e. The van der Waals surface area contributed by atoms with E-state index < -0.39 is 50.3 Å². The first-order valence-corrected chi connectivity index (χ1v) is 10.6. The normalized spacial score (nSPS) is 11.4. The van der Waals surface area contributed by atoms with Crippen LogP contribution in [0, 0.1) is 0 Å². The van der Waals surface area contributed by atoms with Crippen LogP contribution in [0.15, 0.2) is 59.4 Å². The molecule has 30 heavy (non-hydrogen) atoms. The highest BCUT2D eigenvalue weighted by Crippen LogP contribution is 2.51. The second kappa shape index (κ2) is 9.10. The number of carbonyl (C=O) groups is 2. The van der Waals surface area contributed by atoms with Crippen molar-refractivity contribution in [2.75, 3.05) is 18.8 Å². The molecule has 0 atom stereocenters. The number of hydrogen-bond acceptors (Lipinski definition) is 9. The van der Waals surface area contributed by atoms with Gasteiger partial charge in [0.1, 0.15) is 6.16 Å². The van der Waals surface area contributed by atoms with E-state index in [1.807, 2.05) is 0 Å². The van der Waals surface area contributed by atoms with Crippen LogP contribution >= 0.6 is 7.94 Å². The van der Waals surface area contributed by atoms with Crippen LogP contribution in [-0.4, -0.2) is 44.2 Å². The molecule has 0 unspecified atom stereocenters. The third-order valence-electron chi connectivity index (χ3n) is 4.15. The number of nitrogens with zero attached hydrogens (tertiary/aromatic N) is 2. The second-order valence-corrected chi connectivity index (χ2v) is 8.27. The first-order valence-electron chi connectivity index (χ1n) is 8.79. The fourth-order valence-corrected chi connectivity index (χ4v) is 3.43. The number of hydrogen-bond donors (Lipinski definition) is 3. The molecule has 0 amide bonds. The summed E-state index contributed by atoms with van der Waals surface area (Å²) >= 11 is 0. The van der Waals surface area contributed by atoms with E-state index in [9.17, 15) is 24.2 Å². The molecule has 0 aliphatic carbocycles. The molecule has 3 aromatic rings. The Kier molecular flexibility index (Phi) is 6.53. The summed E-state index contributed by atoms with van der Waals surface area (Å²) in [6, 6.07) is 14.6. The summed E-state index contributed by atoms with van der Waals surface area (Å²) in [5.74, 6) is 4.31. The van der Waals surface area contributed by atoms with Gasteiger partial charge in [0.05, 0.1) is 23.0 Å². The van der Waals surface area contributed by atoms with Crippen molar-refractivity contribution in [3.63, 3.8) is 0 Å². The van der Waals surface area contributed by atoms with Crippen molar-refractivity contribution in [1.29, 1.82) is 0 Å². The first kappa shape index (κ1) is 21.5. The number of nitrogens with two attached hydrogens (primary N) is 1. The van der Waals surface area contributed by atoms with Gasteiger partial charge in [0, 0.05) is 0 Å². The Balaban J connectivity index is 1.58. The molecule has 2 aromatic carbocycles. The molecule has 0 saturated heterocycles. The first-order chi connectivity index (χ1) is 14.3. The highest BCUT2D eigenvalue weighted by atomic mass is 31.2. The van der Waals surface area contributed by atoms with E-state index >= 15 is 0 Å². The van der Waals surface area contributed by atoms with E-state index in [1.165, 1.54) is 12.1 Å². The molecule has 0 aliphatic heterocycles. The van der Waals surface area contributed by atoms with Crippen LogP contribution < -0.4 is 11.4 Å². The molecule has 3 rings (SSSR count). The summed E-state index contributed by atoms with van der Waals surface area (Å²) in [4.78, 5) is 60.4. The molecule has 11 heteroatoms. The smallest absolute Gasteiger partial charge is 0.410 e. The van der Waals surface area contributed by atoms with E-state index in [0.29, 0.717) is 11.0 Å². The molecule has 156 valence electrons. The van der Waals surface area contributed by atoms with Crippen LogP contribution in [0.5, 0.6) is 0 Å².